The van der Waals surface area contributed by atoms with E-state index in [-0.39, 0.29) is 11.9 Å². The van der Waals surface area contributed by atoms with Gasteiger partial charge in [0.05, 0.1) is 0 Å². The van der Waals surface area contributed by atoms with Crippen molar-refractivity contribution in [1.82, 2.24) is 10.2 Å². The van der Waals surface area contributed by atoms with Crippen molar-refractivity contribution in [2.24, 2.45) is 11.7 Å². The highest BCUT2D eigenvalue weighted by Gasteiger charge is 2.19. The van der Waals surface area contributed by atoms with Crippen LogP contribution < -0.4 is 11.1 Å². The Labute approximate surface area is 85.8 Å². The summed E-state index contributed by atoms with van der Waals surface area (Å²) in [5, 5.41) is 3.22. The van der Waals surface area contributed by atoms with Crippen molar-refractivity contribution in [1.29, 1.82) is 0 Å². The molecule has 1 rings (SSSR count). The molecule has 0 aromatic rings. The Morgan fingerprint density at radius 1 is 1.43 bits per heavy atom. The molecule has 1 aliphatic rings. The maximum absolute atomic E-state index is 11.7. The number of nitrogens with two attached hydrogens (primary N) is 1. The molecule has 4 nitrogen and oxygen atoms in total. The van der Waals surface area contributed by atoms with E-state index in [0.29, 0.717) is 12.3 Å². The summed E-state index contributed by atoms with van der Waals surface area (Å²) in [5.74, 6) is 0.578. The first-order valence-electron chi connectivity index (χ1n) is 5.35. The summed E-state index contributed by atoms with van der Waals surface area (Å²) in [5.41, 5.74) is 5.86. The molecule has 0 radical (unpaired) electrons. The van der Waals surface area contributed by atoms with Crippen molar-refractivity contribution in [2.75, 3.05) is 26.2 Å². The molecule has 1 atom stereocenters. The van der Waals surface area contributed by atoms with Crippen molar-refractivity contribution in [3.63, 3.8) is 0 Å². The summed E-state index contributed by atoms with van der Waals surface area (Å²) < 4.78 is 0. The Morgan fingerprint density at radius 3 is 2.50 bits per heavy atom. The highest BCUT2D eigenvalue weighted by Crippen LogP contribution is 2.06. The van der Waals surface area contributed by atoms with Crippen LogP contribution in [-0.4, -0.2) is 43.0 Å². The maximum Gasteiger partial charge on any atom is 0.224 e. The summed E-state index contributed by atoms with van der Waals surface area (Å²) in [6.07, 6.45) is 0.484. The Hall–Kier alpha value is -0.610. The molecule has 0 saturated carbocycles. The van der Waals surface area contributed by atoms with E-state index in [1.54, 1.807) is 0 Å². The number of carbonyl (C=O) groups excluding carboxylic acids is 1. The van der Waals surface area contributed by atoms with Gasteiger partial charge in [-0.1, -0.05) is 13.8 Å². The van der Waals surface area contributed by atoms with Crippen LogP contribution in [0.1, 0.15) is 20.3 Å². The topological polar surface area (TPSA) is 58.4 Å². The van der Waals surface area contributed by atoms with Gasteiger partial charge in [0.2, 0.25) is 5.91 Å². The van der Waals surface area contributed by atoms with Crippen LogP contribution in [0.3, 0.4) is 0 Å². The monoisotopic (exact) mass is 199 g/mol. The second-order valence-electron chi connectivity index (χ2n) is 4.24. The molecule has 0 aliphatic carbocycles. The molecule has 4 heteroatoms. The largest absolute Gasteiger partial charge is 0.340 e. The lowest BCUT2D eigenvalue weighted by molar-refractivity contribution is -0.132. The Bertz CT molecular complexity index is 188. The van der Waals surface area contributed by atoms with Crippen molar-refractivity contribution in [2.45, 2.75) is 26.3 Å². The van der Waals surface area contributed by atoms with Crippen LogP contribution in [0.4, 0.5) is 0 Å². The average Bonchev–Trinajstić information content (AvgIpc) is 2.19. The second kappa shape index (κ2) is 5.32. The Balaban J connectivity index is 2.33. The number of piperazine rings is 1. The summed E-state index contributed by atoms with van der Waals surface area (Å²) in [7, 11) is 0. The van der Waals surface area contributed by atoms with Crippen LogP contribution in [0.25, 0.3) is 0 Å². The molecular formula is C10H21N3O. The minimum absolute atomic E-state index is 0.00242. The molecule has 1 fully saturated rings. The highest BCUT2D eigenvalue weighted by molar-refractivity contribution is 5.77. The summed E-state index contributed by atoms with van der Waals surface area (Å²) >= 11 is 0. The third-order valence-corrected chi connectivity index (χ3v) is 2.74. The average molecular weight is 199 g/mol. The van der Waals surface area contributed by atoms with Crippen molar-refractivity contribution in [3.05, 3.63) is 0 Å². The van der Waals surface area contributed by atoms with Gasteiger partial charge in [-0.25, -0.2) is 0 Å². The first kappa shape index (κ1) is 11.5. The fourth-order valence-corrected chi connectivity index (χ4v) is 1.48. The molecule has 82 valence electrons. The van der Waals surface area contributed by atoms with E-state index >= 15 is 0 Å². The molecule has 1 heterocycles. The van der Waals surface area contributed by atoms with Crippen LogP contribution in [0.5, 0.6) is 0 Å². The molecule has 1 aliphatic heterocycles. The predicted octanol–water partition coefficient (Wildman–Crippen LogP) is -0.208. The Kier molecular flexibility index (Phi) is 4.35. The van der Waals surface area contributed by atoms with E-state index in [0.717, 1.165) is 26.2 Å². The van der Waals surface area contributed by atoms with Crippen molar-refractivity contribution >= 4 is 5.91 Å². The van der Waals surface area contributed by atoms with Crippen molar-refractivity contribution < 1.29 is 4.79 Å². The number of carbonyl (C=O) groups is 1. The van der Waals surface area contributed by atoms with Gasteiger partial charge in [-0.05, 0) is 5.92 Å². The first-order chi connectivity index (χ1) is 6.61. The second-order valence-corrected chi connectivity index (χ2v) is 4.24. The number of amides is 1. The lowest BCUT2D eigenvalue weighted by Crippen LogP contribution is -2.48. The molecule has 3 N–H and O–H groups in total. The van der Waals surface area contributed by atoms with Crippen LogP contribution >= 0.6 is 0 Å². The predicted molar refractivity (Wildman–Crippen MR) is 56.9 cm³/mol. The van der Waals surface area contributed by atoms with E-state index in [1.807, 2.05) is 4.90 Å². The zero-order valence-corrected chi connectivity index (χ0v) is 9.12. The third-order valence-electron chi connectivity index (χ3n) is 2.74. The number of hydrogen-bond acceptors (Lipinski definition) is 3. The molecular weight excluding hydrogens is 178 g/mol. The zero-order valence-electron chi connectivity index (χ0n) is 9.12. The summed E-state index contributed by atoms with van der Waals surface area (Å²) in [6.45, 7) is 7.56. The molecule has 14 heavy (non-hydrogen) atoms. The smallest absolute Gasteiger partial charge is 0.224 e. The lowest BCUT2D eigenvalue weighted by atomic mass is 10.0. The normalized spacial score (nSPS) is 19.9. The van der Waals surface area contributed by atoms with E-state index in [1.165, 1.54) is 0 Å². The molecule has 0 aromatic carbocycles. The van der Waals surface area contributed by atoms with Gasteiger partial charge in [-0.3, -0.25) is 4.79 Å². The maximum atomic E-state index is 11.7. The Morgan fingerprint density at radius 2 is 2.00 bits per heavy atom. The summed E-state index contributed by atoms with van der Waals surface area (Å²) in [6, 6.07) is -0.00242. The molecule has 0 bridgehead atoms. The first-order valence-corrected chi connectivity index (χ1v) is 5.35. The number of hydrogen-bond donors (Lipinski definition) is 2. The van der Waals surface area contributed by atoms with Gasteiger partial charge in [-0.2, -0.15) is 0 Å². The van der Waals surface area contributed by atoms with Crippen molar-refractivity contribution in [3.8, 4) is 0 Å². The minimum Gasteiger partial charge on any atom is -0.340 e. The molecule has 1 saturated heterocycles. The number of nitrogens with zero attached hydrogens (tertiary/aromatic N) is 1. The van der Waals surface area contributed by atoms with E-state index in [2.05, 4.69) is 19.2 Å². The van der Waals surface area contributed by atoms with Gasteiger partial charge < -0.3 is 16.0 Å². The van der Waals surface area contributed by atoms with E-state index in [9.17, 15) is 4.79 Å². The fraction of sp³-hybridized carbons (Fsp3) is 0.900. The van der Waals surface area contributed by atoms with E-state index in [4.69, 9.17) is 5.73 Å². The van der Waals surface area contributed by atoms with Crippen LogP contribution in [0, 0.1) is 5.92 Å². The SMILES string of the molecule is CC(C)C(N)CC(=O)N1CCNCC1. The zero-order chi connectivity index (χ0) is 10.6. The molecule has 1 amide bonds. The van der Waals surface area contributed by atoms with E-state index < -0.39 is 0 Å². The standard InChI is InChI=1S/C10H21N3O/c1-8(2)9(11)7-10(14)13-5-3-12-4-6-13/h8-9,12H,3-7,11H2,1-2H3. The lowest BCUT2D eigenvalue weighted by Gasteiger charge is -2.29. The summed E-state index contributed by atoms with van der Waals surface area (Å²) in [4.78, 5) is 13.6. The van der Waals surface area contributed by atoms with Crippen LogP contribution in [0.2, 0.25) is 0 Å². The van der Waals surface area contributed by atoms with Gasteiger partial charge in [0.25, 0.3) is 0 Å². The fourth-order valence-electron chi connectivity index (χ4n) is 1.48. The van der Waals surface area contributed by atoms with Gasteiger partial charge in [0, 0.05) is 38.6 Å². The van der Waals surface area contributed by atoms with Crippen LogP contribution in [-0.2, 0) is 4.79 Å². The van der Waals surface area contributed by atoms with Gasteiger partial charge >= 0.3 is 0 Å². The molecule has 0 aromatic heterocycles. The molecule has 1 unspecified atom stereocenters. The minimum atomic E-state index is -0.00242. The highest BCUT2D eigenvalue weighted by atomic mass is 16.2. The third kappa shape index (κ3) is 3.27. The van der Waals surface area contributed by atoms with Gasteiger partial charge in [0.15, 0.2) is 0 Å². The van der Waals surface area contributed by atoms with Gasteiger partial charge in [-0.15, -0.1) is 0 Å². The van der Waals surface area contributed by atoms with Gasteiger partial charge in [0.1, 0.15) is 0 Å². The van der Waals surface area contributed by atoms with Crippen LogP contribution in [0.15, 0.2) is 0 Å². The molecule has 0 spiro atoms. The quantitative estimate of drug-likeness (QED) is 0.661. The number of nitrogens with one attached hydrogen (secondary N) is 1. The number of rotatable bonds is 3.